The molecule has 5 heteroatoms. The first-order chi connectivity index (χ1) is 11.4. The fourth-order valence-corrected chi connectivity index (χ4v) is 4.47. The molecule has 0 aromatic heterocycles. The fraction of sp³-hybridized carbons (Fsp3) is 0.263. The van der Waals surface area contributed by atoms with Gasteiger partial charge >= 0.3 is 0 Å². The third-order valence-corrected chi connectivity index (χ3v) is 5.91. The van der Waals surface area contributed by atoms with E-state index in [1.165, 1.54) is 23.0 Å². The number of likely N-dealkylation sites (N-methyl/N-ethyl adjacent to an activating group) is 1. The van der Waals surface area contributed by atoms with E-state index in [2.05, 4.69) is 56.6 Å². The maximum absolute atomic E-state index is 12.4. The molecule has 3 rings (SSSR count). The van der Waals surface area contributed by atoms with Crippen molar-refractivity contribution in [2.24, 2.45) is 0 Å². The van der Waals surface area contributed by atoms with Crippen LogP contribution in [-0.4, -0.2) is 28.7 Å². The molecule has 1 fully saturated rings. The normalized spacial score (nSPS) is 22.6. The van der Waals surface area contributed by atoms with Crippen LogP contribution in [0.15, 0.2) is 59.7 Å². The standard InChI is InChI=1S/C19H20N2OS2/c1-5-12-21-17(22)15(24-18(21)23)10-11-16-19(2,3)13-8-6-7-9-14(13)20(16)4/h5-11H,1,12H2,2-4H3/b15-10-,16-11+. The highest BCUT2D eigenvalue weighted by atomic mass is 32.2. The number of carbonyl (C=O) groups is 1. The van der Waals surface area contributed by atoms with Gasteiger partial charge in [-0.05, 0) is 23.8 Å². The van der Waals surface area contributed by atoms with Crippen LogP contribution in [-0.2, 0) is 10.2 Å². The molecule has 0 saturated carbocycles. The van der Waals surface area contributed by atoms with Crippen LogP contribution in [0, 0.1) is 0 Å². The summed E-state index contributed by atoms with van der Waals surface area (Å²) >= 11 is 6.63. The highest BCUT2D eigenvalue weighted by Gasteiger charge is 2.38. The molecule has 3 nitrogen and oxygen atoms in total. The van der Waals surface area contributed by atoms with E-state index in [0.717, 1.165) is 5.70 Å². The van der Waals surface area contributed by atoms with Gasteiger partial charge in [0.1, 0.15) is 4.32 Å². The lowest BCUT2D eigenvalue weighted by Crippen LogP contribution is -2.27. The smallest absolute Gasteiger partial charge is 0.266 e. The lowest BCUT2D eigenvalue weighted by molar-refractivity contribution is -0.121. The first-order valence-corrected chi connectivity index (χ1v) is 9.00. The lowest BCUT2D eigenvalue weighted by atomic mass is 9.84. The summed E-state index contributed by atoms with van der Waals surface area (Å²) < 4.78 is 0.590. The van der Waals surface area contributed by atoms with E-state index in [4.69, 9.17) is 12.2 Å². The molecule has 2 aliphatic heterocycles. The molecule has 2 heterocycles. The van der Waals surface area contributed by atoms with E-state index in [-0.39, 0.29) is 11.3 Å². The maximum atomic E-state index is 12.4. The predicted molar refractivity (Wildman–Crippen MR) is 106 cm³/mol. The molecular weight excluding hydrogens is 336 g/mol. The Hall–Kier alpha value is -1.85. The van der Waals surface area contributed by atoms with Crippen LogP contribution in [0.4, 0.5) is 5.69 Å². The number of thiocarbonyl (C=S) groups is 1. The van der Waals surface area contributed by atoms with E-state index < -0.39 is 0 Å². The van der Waals surface area contributed by atoms with Gasteiger partial charge < -0.3 is 4.90 Å². The minimum Gasteiger partial charge on any atom is -0.347 e. The molecular formula is C19H20N2OS2. The highest BCUT2D eigenvalue weighted by Crippen LogP contribution is 2.46. The molecule has 0 unspecified atom stereocenters. The molecule has 0 atom stereocenters. The summed E-state index contributed by atoms with van der Waals surface area (Å²) in [6.07, 6.45) is 5.62. The Morgan fingerprint density at radius 2 is 2.00 bits per heavy atom. The van der Waals surface area contributed by atoms with Crippen molar-refractivity contribution in [1.82, 2.24) is 4.90 Å². The number of allylic oxidation sites excluding steroid dienone is 3. The Kier molecular flexibility index (Phi) is 4.40. The quantitative estimate of drug-likeness (QED) is 0.459. The first-order valence-electron chi connectivity index (χ1n) is 7.78. The van der Waals surface area contributed by atoms with Crippen LogP contribution in [0.1, 0.15) is 19.4 Å². The van der Waals surface area contributed by atoms with Gasteiger partial charge in [-0.2, -0.15) is 0 Å². The molecule has 0 spiro atoms. The molecule has 1 aromatic rings. The van der Waals surface area contributed by atoms with Gasteiger partial charge in [0, 0.05) is 30.4 Å². The van der Waals surface area contributed by atoms with Crippen molar-refractivity contribution in [3.8, 4) is 0 Å². The summed E-state index contributed by atoms with van der Waals surface area (Å²) in [5.41, 5.74) is 3.57. The van der Waals surface area contributed by atoms with Crippen LogP contribution >= 0.6 is 24.0 Å². The zero-order valence-electron chi connectivity index (χ0n) is 14.1. The number of hydrogen-bond donors (Lipinski definition) is 0. The third-order valence-electron chi connectivity index (χ3n) is 4.52. The van der Waals surface area contributed by atoms with Crippen LogP contribution in [0.5, 0.6) is 0 Å². The van der Waals surface area contributed by atoms with Crippen LogP contribution in [0.25, 0.3) is 0 Å². The highest BCUT2D eigenvalue weighted by molar-refractivity contribution is 8.26. The Bertz CT molecular complexity index is 792. The number of rotatable bonds is 3. The van der Waals surface area contributed by atoms with Crippen molar-refractivity contribution in [3.05, 3.63) is 65.2 Å². The van der Waals surface area contributed by atoms with Crippen molar-refractivity contribution >= 4 is 39.9 Å². The summed E-state index contributed by atoms with van der Waals surface area (Å²) in [5, 5.41) is 0. The second-order valence-corrected chi connectivity index (χ2v) is 8.03. The van der Waals surface area contributed by atoms with Crippen molar-refractivity contribution in [3.63, 3.8) is 0 Å². The van der Waals surface area contributed by atoms with Gasteiger partial charge in [0.25, 0.3) is 5.91 Å². The Morgan fingerprint density at radius 3 is 2.67 bits per heavy atom. The van der Waals surface area contributed by atoms with Crippen molar-refractivity contribution < 1.29 is 4.79 Å². The first kappa shape index (κ1) is 17.0. The molecule has 1 saturated heterocycles. The molecule has 0 N–H and O–H groups in total. The molecule has 124 valence electrons. The number of thioether (sulfide) groups is 1. The molecule has 0 bridgehead atoms. The number of anilines is 1. The van der Waals surface area contributed by atoms with Gasteiger partial charge in [0.2, 0.25) is 0 Å². The monoisotopic (exact) mass is 356 g/mol. The summed E-state index contributed by atoms with van der Waals surface area (Å²) in [6, 6.07) is 8.41. The summed E-state index contributed by atoms with van der Waals surface area (Å²) in [7, 11) is 2.07. The van der Waals surface area contributed by atoms with E-state index in [9.17, 15) is 4.79 Å². The van der Waals surface area contributed by atoms with Gasteiger partial charge in [-0.25, -0.2) is 0 Å². The SMILES string of the molecule is C=CCN1C(=O)/C(=C/C=C2/N(C)c3ccccc3C2(C)C)SC1=S. The summed E-state index contributed by atoms with van der Waals surface area (Å²) in [4.78, 5) is 16.9. The number of para-hydroxylation sites is 1. The van der Waals surface area contributed by atoms with Gasteiger partial charge in [0.05, 0.1) is 4.91 Å². The van der Waals surface area contributed by atoms with Crippen molar-refractivity contribution in [1.29, 1.82) is 0 Å². The molecule has 0 radical (unpaired) electrons. The second-order valence-electron chi connectivity index (χ2n) is 6.36. The predicted octanol–water partition coefficient (Wildman–Crippen LogP) is 4.23. The van der Waals surface area contributed by atoms with Crippen molar-refractivity contribution in [2.45, 2.75) is 19.3 Å². The Morgan fingerprint density at radius 1 is 1.29 bits per heavy atom. The molecule has 0 aliphatic carbocycles. The van der Waals surface area contributed by atoms with Gasteiger partial charge in [-0.1, -0.05) is 62.1 Å². The largest absolute Gasteiger partial charge is 0.347 e. The van der Waals surface area contributed by atoms with Gasteiger partial charge in [-0.15, -0.1) is 6.58 Å². The minimum atomic E-state index is -0.101. The topological polar surface area (TPSA) is 23.6 Å². The Balaban J connectivity index is 1.95. The average Bonchev–Trinajstić information content (AvgIpc) is 2.92. The van der Waals surface area contributed by atoms with Gasteiger partial charge in [0.15, 0.2) is 0 Å². The summed E-state index contributed by atoms with van der Waals surface area (Å²) in [5.74, 6) is -0.0438. The average molecular weight is 357 g/mol. The van der Waals surface area contributed by atoms with Gasteiger partial charge in [-0.3, -0.25) is 9.69 Å². The van der Waals surface area contributed by atoms with E-state index in [1.807, 2.05) is 12.2 Å². The minimum absolute atomic E-state index is 0.0438. The maximum Gasteiger partial charge on any atom is 0.266 e. The zero-order chi connectivity index (χ0) is 17.5. The molecule has 1 aromatic carbocycles. The molecule has 2 aliphatic rings. The lowest BCUT2D eigenvalue weighted by Gasteiger charge is -2.23. The number of hydrogen-bond acceptors (Lipinski definition) is 4. The zero-order valence-corrected chi connectivity index (χ0v) is 15.7. The fourth-order valence-electron chi connectivity index (χ4n) is 3.26. The number of benzene rings is 1. The molecule has 24 heavy (non-hydrogen) atoms. The van der Waals surface area contributed by atoms with E-state index >= 15 is 0 Å². The second kappa shape index (κ2) is 6.22. The van der Waals surface area contributed by atoms with Crippen molar-refractivity contribution in [2.75, 3.05) is 18.5 Å². The van der Waals surface area contributed by atoms with Crippen LogP contribution < -0.4 is 4.90 Å². The van der Waals surface area contributed by atoms with Crippen LogP contribution in [0.3, 0.4) is 0 Å². The molecule has 1 amide bonds. The number of fused-ring (bicyclic) bond motifs is 1. The number of carbonyl (C=O) groups excluding carboxylic acids is 1. The number of amides is 1. The van der Waals surface area contributed by atoms with E-state index in [1.54, 1.807) is 11.0 Å². The Labute approximate surface area is 152 Å². The number of nitrogens with zero attached hydrogens (tertiary/aromatic N) is 2. The summed E-state index contributed by atoms with van der Waals surface area (Å²) in [6.45, 7) is 8.54. The van der Waals surface area contributed by atoms with Crippen LogP contribution in [0.2, 0.25) is 0 Å². The van der Waals surface area contributed by atoms with E-state index in [0.29, 0.717) is 15.8 Å². The third kappa shape index (κ3) is 2.62.